The lowest BCUT2D eigenvalue weighted by molar-refractivity contribution is 0.0600. The number of amides is 2. The van der Waals surface area contributed by atoms with Gasteiger partial charge in [-0.1, -0.05) is 19.8 Å². The van der Waals surface area contributed by atoms with E-state index in [-0.39, 0.29) is 18.0 Å². The molecule has 0 spiro atoms. The van der Waals surface area contributed by atoms with Gasteiger partial charge >= 0.3 is 12.0 Å². The monoisotopic (exact) mass is 304 g/mol. The number of anilines is 1. The summed E-state index contributed by atoms with van der Waals surface area (Å²) in [6.45, 7) is 4.03. The molecule has 0 bridgehead atoms. The first-order valence-electron chi connectivity index (χ1n) is 7.77. The van der Waals surface area contributed by atoms with Crippen LogP contribution in [-0.2, 0) is 4.74 Å². The highest BCUT2D eigenvalue weighted by molar-refractivity contribution is 5.93. The van der Waals surface area contributed by atoms with Crippen molar-refractivity contribution in [2.45, 2.75) is 45.6 Å². The Kier molecular flexibility index (Phi) is 5.41. The van der Waals surface area contributed by atoms with Gasteiger partial charge in [0.2, 0.25) is 0 Å². The second-order valence-electron chi connectivity index (χ2n) is 5.99. The van der Waals surface area contributed by atoms with Crippen LogP contribution in [0.2, 0.25) is 0 Å². The van der Waals surface area contributed by atoms with Gasteiger partial charge in [-0.15, -0.1) is 0 Å². The van der Waals surface area contributed by atoms with Crippen LogP contribution in [0.25, 0.3) is 0 Å². The molecular formula is C17H24N2O3. The zero-order chi connectivity index (χ0) is 16.1. The Balaban J connectivity index is 1.98. The highest BCUT2D eigenvalue weighted by Gasteiger charge is 2.22. The average Bonchev–Trinajstić information content (AvgIpc) is 2.50. The summed E-state index contributed by atoms with van der Waals surface area (Å²) in [5, 5.41) is 5.91. The number of urea groups is 1. The number of nitrogens with one attached hydrogen (secondary N) is 2. The summed E-state index contributed by atoms with van der Waals surface area (Å²) in [6, 6.07) is 5.14. The third-order valence-electron chi connectivity index (χ3n) is 4.32. The van der Waals surface area contributed by atoms with E-state index in [4.69, 9.17) is 0 Å². The van der Waals surface area contributed by atoms with Crippen LogP contribution in [0.1, 0.15) is 48.5 Å². The van der Waals surface area contributed by atoms with Crippen molar-refractivity contribution < 1.29 is 14.3 Å². The standard InChI is InChI=1S/C17H24N2O3/c1-11-6-4-5-7-14(11)18-17(21)19-15-9-8-13(10-12(15)2)16(20)22-3/h8-11,14H,4-7H2,1-3H3,(H2,18,19,21). The topological polar surface area (TPSA) is 67.4 Å². The minimum atomic E-state index is -0.380. The van der Waals surface area contributed by atoms with Gasteiger partial charge in [-0.25, -0.2) is 9.59 Å². The summed E-state index contributed by atoms with van der Waals surface area (Å²) in [6.07, 6.45) is 4.61. The van der Waals surface area contributed by atoms with Crippen molar-refractivity contribution in [1.29, 1.82) is 0 Å². The second kappa shape index (κ2) is 7.29. The molecule has 0 heterocycles. The van der Waals surface area contributed by atoms with Crippen molar-refractivity contribution >= 4 is 17.7 Å². The van der Waals surface area contributed by atoms with Crippen LogP contribution in [0.5, 0.6) is 0 Å². The Hall–Kier alpha value is -2.04. The van der Waals surface area contributed by atoms with Crippen molar-refractivity contribution in [2.75, 3.05) is 12.4 Å². The van der Waals surface area contributed by atoms with E-state index in [0.29, 0.717) is 17.2 Å². The molecule has 2 rings (SSSR count). The largest absolute Gasteiger partial charge is 0.465 e. The van der Waals surface area contributed by atoms with Gasteiger partial charge < -0.3 is 15.4 Å². The number of esters is 1. The molecule has 0 radical (unpaired) electrons. The fraction of sp³-hybridized carbons (Fsp3) is 0.529. The van der Waals surface area contributed by atoms with Gasteiger partial charge in [0.15, 0.2) is 0 Å². The lowest BCUT2D eigenvalue weighted by Gasteiger charge is -2.29. The van der Waals surface area contributed by atoms with E-state index in [1.165, 1.54) is 20.0 Å². The van der Waals surface area contributed by atoms with E-state index in [2.05, 4.69) is 22.3 Å². The lowest BCUT2D eigenvalue weighted by atomic mass is 9.86. The zero-order valence-corrected chi connectivity index (χ0v) is 13.4. The minimum absolute atomic E-state index is 0.187. The van der Waals surface area contributed by atoms with E-state index >= 15 is 0 Å². The third kappa shape index (κ3) is 4.00. The lowest BCUT2D eigenvalue weighted by Crippen LogP contribution is -2.43. The molecule has 1 saturated carbocycles. The number of benzene rings is 1. The van der Waals surface area contributed by atoms with Gasteiger partial charge in [-0.05, 0) is 49.4 Å². The predicted octanol–water partition coefficient (Wildman–Crippen LogP) is 3.48. The first-order valence-corrected chi connectivity index (χ1v) is 7.77. The van der Waals surface area contributed by atoms with Crippen molar-refractivity contribution in [3.05, 3.63) is 29.3 Å². The minimum Gasteiger partial charge on any atom is -0.465 e. The van der Waals surface area contributed by atoms with Crippen LogP contribution in [0.3, 0.4) is 0 Å². The highest BCUT2D eigenvalue weighted by atomic mass is 16.5. The summed E-state index contributed by atoms with van der Waals surface area (Å²) in [4.78, 5) is 23.6. The fourth-order valence-corrected chi connectivity index (χ4v) is 2.91. The maximum absolute atomic E-state index is 12.1. The number of carbonyl (C=O) groups is 2. The Bertz CT molecular complexity index is 557. The average molecular weight is 304 g/mol. The molecule has 22 heavy (non-hydrogen) atoms. The first kappa shape index (κ1) is 16.3. The summed E-state index contributed by atoms with van der Waals surface area (Å²) >= 11 is 0. The summed E-state index contributed by atoms with van der Waals surface area (Å²) < 4.78 is 4.69. The number of hydrogen-bond acceptors (Lipinski definition) is 3. The molecule has 2 amide bonds. The molecule has 2 N–H and O–H groups in total. The Labute approximate surface area is 131 Å². The quantitative estimate of drug-likeness (QED) is 0.840. The van der Waals surface area contributed by atoms with Crippen LogP contribution >= 0.6 is 0 Å². The molecule has 1 aromatic rings. The van der Waals surface area contributed by atoms with Crippen molar-refractivity contribution in [1.82, 2.24) is 5.32 Å². The van der Waals surface area contributed by atoms with Crippen LogP contribution in [-0.4, -0.2) is 25.2 Å². The maximum atomic E-state index is 12.1. The summed E-state index contributed by atoms with van der Waals surface area (Å²) in [5.41, 5.74) is 2.01. The second-order valence-corrected chi connectivity index (χ2v) is 5.99. The van der Waals surface area contributed by atoms with Crippen LogP contribution in [0.15, 0.2) is 18.2 Å². The molecule has 0 aromatic heterocycles. The number of hydrogen-bond donors (Lipinski definition) is 2. The fourth-order valence-electron chi connectivity index (χ4n) is 2.91. The van der Waals surface area contributed by atoms with Crippen LogP contribution in [0, 0.1) is 12.8 Å². The van der Waals surface area contributed by atoms with Crippen LogP contribution < -0.4 is 10.6 Å². The molecule has 120 valence electrons. The number of ether oxygens (including phenoxy) is 1. The van der Waals surface area contributed by atoms with E-state index in [0.717, 1.165) is 18.4 Å². The third-order valence-corrected chi connectivity index (χ3v) is 4.32. The molecule has 2 atom stereocenters. The maximum Gasteiger partial charge on any atom is 0.337 e. The molecule has 5 heteroatoms. The van der Waals surface area contributed by atoms with Gasteiger partial charge in [-0.2, -0.15) is 0 Å². The summed E-state index contributed by atoms with van der Waals surface area (Å²) in [5.74, 6) is 0.137. The molecule has 1 aliphatic carbocycles. The highest BCUT2D eigenvalue weighted by Crippen LogP contribution is 2.24. The van der Waals surface area contributed by atoms with E-state index in [1.54, 1.807) is 18.2 Å². The van der Waals surface area contributed by atoms with E-state index in [9.17, 15) is 9.59 Å². The van der Waals surface area contributed by atoms with Crippen molar-refractivity contribution in [2.24, 2.45) is 5.92 Å². The van der Waals surface area contributed by atoms with Crippen LogP contribution in [0.4, 0.5) is 10.5 Å². The Morgan fingerprint density at radius 1 is 1.23 bits per heavy atom. The predicted molar refractivity (Wildman–Crippen MR) is 86.1 cm³/mol. The molecule has 2 unspecified atom stereocenters. The summed E-state index contributed by atoms with van der Waals surface area (Å²) in [7, 11) is 1.35. The normalized spacial score (nSPS) is 21.0. The molecular weight excluding hydrogens is 280 g/mol. The van der Waals surface area contributed by atoms with Gasteiger partial charge in [0.25, 0.3) is 0 Å². The van der Waals surface area contributed by atoms with E-state index in [1.807, 2.05) is 6.92 Å². The molecule has 1 aliphatic rings. The van der Waals surface area contributed by atoms with Gasteiger partial charge in [0.05, 0.1) is 12.7 Å². The van der Waals surface area contributed by atoms with Gasteiger partial charge in [0, 0.05) is 11.7 Å². The zero-order valence-electron chi connectivity index (χ0n) is 13.4. The number of carbonyl (C=O) groups excluding carboxylic acids is 2. The number of rotatable bonds is 3. The molecule has 1 aromatic carbocycles. The first-order chi connectivity index (χ1) is 10.5. The molecule has 5 nitrogen and oxygen atoms in total. The van der Waals surface area contributed by atoms with Crippen molar-refractivity contribution in [3.63, 3.8) is 0 Å². The molecule has 0 aliphatic heterocycles. The van der Waals surface area contributed by atoms with E-state index < -0.39 is 0 Å². The van der Waals surface area contributed by atoms with Crippen molar-refractivity contribution in [3.8, 4) is 0 Å². The van der Waals surface area contributed by atoms with Gasteiger partial charge in [-0.3, -0.25) is 0 Å². The molecule has 1 fully saturated rings. The number of aryl methyl sites for hydroxylation is 1. The Morgan fingerprint density at radius 3 is 2.59 bits per heavy atom. The smallest absolute Gasteiger partial charge is 0.337 e. The van der Waals surface area contributed by atoms with Gasteiger partial charge in [0.1, 0.15) is 0 Å². The molecule has 0 saturated heterocycles. The SMILES string of the molecule is COC(=O)c1ccc(NC(=O)NC2CCCCC2C)c(C)c1. The Morgan fingerprint density at radius 2 is 1.95 bits per heavy atom. The number of methoxy groups -OCH3 is 1.